The van der Waals surface area contributed by atoms with E-state index in [4.69, 9.17) is 9.15 Å². The Labute approximate surface area is 116 Å². The molecule has 0 radical (unpaired) electrons. The summed E-state index contributed by atoms with van der Waals surface area (Å²) in [7, 11) is 1.53. The maximum Gasteiger partial charge on any atom is 0.337 e. The van der Waals surface area contributed by atoms with Gasteiger partial charge in [0.05, 0.1) is 12.7 Å². The van der Waals surface area contributed by atoms with Crippen LogP contribution in [0.4, 0.5) is 0 Å². The van der Waals surface area contributed by atoms with Gasteiger partial charge in [0.2, 0.25) is 0 Å². The molecule has 0 saturated heterocycles. The van der Waals surface area contributed by atoms with Gasteiger partial charge < -0.3 is 14.5 Å². The number of hydrogen-bond acceptors (Lipinski definition) is 4. The highest BCUT2D eigenvalue weighted by Crippen LogP contribution is 2.22. The molecule has 1 N–H and O–H groups in total. The van der Waals surface area contributed by atoms with Crippen LogP contribution in [0.3, 0.4) is 0 Å². The smallest absolute Gasteiger partial charge is 0.337 e. The van der Waals surface area contributed by atoms with Crippen molar-refractivity contribution in [2.75, 3.05) is 7.11 Å². The van der Waals surface area contributed by atoms with Crippen molar-refractivity contribution in [1.29, 1.82) is 0 Å². The van der Waals surface area contributed by atoms with Crippen LogP contribution in [0.15, 0.2) is 33.5 Å². The lowest BCUT2D eigenvalue weighted by atomic mass is 10.1. The van der Waals surface area contributed by atoms with Crippen molar-refractivity contribution in [3.05, 3.63) is 40.2 Å². The number of fused-ring (bicyclic) bond motifs is 1. The zero-order valence-corrected chi connectivity index (χ0v) is 11.7. The molecule has 1 atom stereocenters. The SMILES string of the molecule is CCC(C)NC(=O)c1cc(=O)oc2cc(OC)ccc12. The number of amides is 1. The van der Waals surface area contributed by atoms with Gasteiger partial charge in [0.1, 0.15) is 11.3 Å². The standard InChI is InChI=1S/C15H17NO4/c1-4-9(2)16-15(18)12-8-14(17)20-13-7-10(19-3)5-6-11(12)13/h5-9H,4H2,1-3H3,(H,16,18). The maximum absolute atomic E-state index is 12.2. The van der Waals surface area contributed by atoms with Gasteiger partial charge in [0, 0.05) is 23.6 Å². The number of nitrogens with one attached hydrogen (secondary N) is 1. The Kier molecular flexibility index (Phi) is 4.08. The lowest BCUT2D eigenvalue weighted by molar-refractivity contribution is 0.0940. The van der Waals surface area contributed by atoms with E-state index in [-0.39, 0.29) is 11.9 Å². The summed E-state index contributed by atoms with van der Waals surface area (Å²) < 4.78 is 10.2. The van der Waals surface area contributed by atoms with Gasteiger partial charge in [-0.2, -0.15) is 0 Å². The molecule has 0 aliphatic carbocycles. The lowest BCUT2D eigenvalue weighted by Crippen LogP contribution is -2.32. The van der Waals surface area contributed by atoms with E-state index in [1.54, 1.807) is 18.2 Å². The Bertz CT molecular complexity index is 690. The van der Waals surface area contributed by atoms with Crippen LogP contribution in [0.2, 0.25) is 0 Å². The van der Waals surface area contributed by atoms with Gasteiger partial charge in [0.25, 0.3) is 5.91 Å². The number of rotatable bonds is 4. The summed E-state index contributed by atoms with van der Waals surface area (Å²) in [6.45, 7) is 3.89. The largest absolute Gasteiger partial charge is 0.497 e. The van der Waals surface area contributed by atoms with Crippen LogP contribution in [0, 0.1) is 0 Å². The van der Waals surface area contributed by atoms with Crippen molar-refractivity contribution in [1.82, 2.24) is 5.32 Å². The normalized spacial score (nSPS) is 12.2. The summed E-state index contributed by atoms with van der Waals surface area (Å²) in [4.78, 5) is 23.8. The molecule has 1 heterocycles. The molecule has 0 spiro atoms. The molecule has 106 valence electrons. The third-order valence-corrected chi connectivity index (χ3v) is 3.19. The van der Waals surface area contributed by atoms with Crippen molar-refractivity contribution in [3.8, 4) is 5.75 Å². The first-order valence-corrected chi connectivity index (χ1v) is 6.48. The van der Waals surface area contributed by atoms with Crippen molar-refractivity contribution in [2.45, 2.75) is 26.3 Å². The molecule has 2 rings (SSSR count). The molecule has 20 heavy (non-hydrogen) atoms. The molecule has 1 aromatic heterocycles. The van der Waals surface area contributed by atoms with Gasteiger partial charge in [-0.25, -0.2) is 4.79 Å². The minimum atomic E-state index is -0.556. The van der Waals surface area contributed by atoms with Crippen molar-refractivity contribution in [2.24, 2.45) is 0 Å². The number of carbonyl (C=O) groups excluding carboxylic acids is 1. The highest BCUT2D eigenvalue weighted by Gasteiger charge is 2.15. The lowest BCUT2D eigenvalue weighted by Gasteiger charge is -2.12. The molecule has 1 aromatic carbocycles. The first-order chi connectivity index (χ1) is 9.55. The highest BCUT2D eigenvalue weighted by molar-refractivity contribution is 6.05. The highest BCUT2D eigenvalue weighted by atomic mass is 16.5. The van der Waals surface area contributed by atoms with E-state index in [9.17, 15) is 9.59 Å². The van der Waals surface area contributed by atoms with E-state index in [0.717, 1.165) is 6.42 Å². The molecule has 1 amide bonds. The Morgan fingerprint density at radius 2 is 2.15 bits per heavy atom. The van der Waals surface area contributed by atoms with Gasteiger partial charge in [-0.15, -0.1) is 0 Å². The van der Waals surface area contributed by atoms with E-state index < -0.39 is 5.63 Å². The summed E-state index contributed by atoms with van der Waals surface area (Å²) >= 11 is 0. The van der Waals surface area contributed by atoms with Crippen LogP contribution in [-0.4, -0.2) is 19.1 Å². The molecule has 0 aliphatic rings. The van der Waals surface area contributed by atoms with Gasteiger partial charge in [0.15, 0.2) is 0 Å². The van der Waals surface area contributed by atoms with Crippen molar-refractivity contribution in [3.63, 3.8) is 0 Å². The van der Waals surface area contributed by atoms with Crippen LogP contribution in [0.5, 0.6) is 5.75 Å². The first kappa shape index (κ1) is 14.1. The Morgan fingerprint density at radius 3 is 2.80 bits per heavy atom. The summed E-state index contributed by atoms with van der Waals surface area (Å²) in [5.41, 5.74) is 0.102. The zero-order chi connectivity index (χ0) is 14.7. The van der Waals surface area contributed by atoms with Gasteiger partial charge in [-0.3, -0.25) is 4.79 Å². The number of ether oxygens (including phenoxy) is 1. The average molecular weight is 275 g/mol. The predicted molar refractivity (Wildman–Crippen MR) is 76.3 cm³/mol. The van der Waals surface area contributed by atoms with Gasteiger partial charge in [-0.05, 0) is 25.5 Å². The number of hydrogen-bond donors (Lipinski definition) is 1. The van der Waals surface area contributed by atoms with E-state index in [1.165, 1.54) is 13.2 Å². The fourth-order valence-corrected chi connectivity index (χ4v) is 1.86. The fraction of sp³-hybridized carbons (Fsp3) is 0.333. The second-order valence-corrected chi connectivity index (χ2v) is 4.62. The fourth-order valence-electron chi connectivity index (χ4n) is 1.86. The van der Waals surface area contributed by atoms with Crippen LogP contribution < -0.4 is 15.7 Å². The molecule has 2 aromatic rings. The summed E-state index contributed by atoms with van der Waals surface area (Å²) in [5, 5.41) is 3.43. The summed E-state index contributed by atoms with van der Waals surface area (Å²) in [6, 6.07) is 6.29. The molecular weight excluding hydrogens is 258 g/mol. The predicted octanol–water partition coefficient (Wildman–Crippen LogP) is 2.33. The summed E-state index contributed by atoms with van der Waals surface area (Å²) in [6.07, 6.45) is 0.818. The van der Waals surface area contributed by atoms with E-state index in [1.807, 2.05) is 13.8 Å². The van der Waals surface area contributed by atoms with Crippen molar-refractivity contribution < 1.29 is 13.9 Å². The number of benzene rings is 1. The Balaban J connectivity index is 2.52. The molecular formula is C15H17NO4. The minimum absolute atomic E-state index is 0.0445. The Morgan fingerprint density at radius 1 is 1.40 bits per heavy atom. The number of methoxy groups -OCH3 is 1. The summed E-state index contributed by atoms with van der Waals surface area (Å²) in [5.74, 6) is 0.294. The maximum atomic E-state index is 12.2. The van der Waals surface area contributed by atoms with Crippen LogP contribution in [0.1, 0.15) is 30.6 Å². The quantitative estimate of drug-likeness (QED) is 0.869. The number of carbonyl (C=O) groups is 1. The van der Waals surface area contributed by atoms with Gasteiger partial charge >= 0.3 is 5.63 Å². The zero-order valence-electron chi connectivity index (χ0n) is 11.7. The second kappa shape index (κ2) is 5.77. The molecule has 1 unspecified atom stereocenters. The topological polar surface area (TPSA) is 68.5 Å². The van der Waals surface area contributed by atoms with Crippen molar-refractivity contribution >= 4 is 16.9 Å². The third-order valence-electron chi connectivity index (χ3n) is 3.19. The molecule has 0 bridgehead atoms. The van der Waals surface area contributed by atoms with E-state index in [2.05, 4.69) is 5.32 Å². The van der Waals surface area contributed by atoms with Crippen LogP contribution in [-0.2, 0) is 0 Å². The molecule has 0 aliphatic heterocycles. The van der Waals surface area contributed by atoms with E-state index >= 15 is 0 Å². The van der Waals surface area contributed by atoms with Crippen LogP contribution in [0.25, 0.3) is 11.0 Å². The monoisotopic (exact) mass is 275 g/mol. The second-order valence-electron chi connectivity index (χ2n) is 4.62. The molecule has 5 nitrogen and oxygen atoms in total. The average Bonchev–Trinajstić information content (AvgIpc) is 2.45. The van der Waals surface area contributed by atoms with Gasteiger partial charge in [-0.1, -0.05) is 6.92 Å². The molecule has 0 saturated carbocycles. The minimum Gasteiger partial charge on any atom is -0.497 e. The molecule has 5 heteroatoms. The third kappa shape index (κ3) is 2.82. The first-order valence-electron chi connectivity index (χ1n) is 6.48. The molecule has 0 fully saturated rings. The van der Waals surface area contributed by atoms with Crippen LogP contribution >= 0.6 is 0 Å². The van der Waals surface area contributed by atoms with E-state index in [0.29, 0.717) is 22.3 Å². The Hall–Kier alpha value is -2.30.